The second-order valence-electron chi connectivity index (χ2n) is 7.01. The fraction of sp³-hybridized carbons (Fsp3) is 0.167. The summed E-state index contributed by atoms with van der Waals surface area (Å²) in [5, 5.41) is 6.11. The first kappa shape index (κ1) is 21.9. The standard InChI is InChI=1S/C24H23ClN2O2S/c1-15-7-4-5-10-21(15)24(29)26-19-8-6-9-20(14-19)30-17(3)23(28)27-22-13-18(25)12-11-16(22)2/h4-14,17H,1-3H3,(H,26,29)(H,27,28). The molecule has 0 saturated carbocycles. The zero-order valence-electron chi connectivity index (χ0n) is 17.0. The minimum absolute atomic E-state index is 0.111. The first-order valence-electron chi connectivity index (χ1n) is 9.54. The summed E-state index contributed by atoms with van der Waals surface area (Å²) < 4.78 is 0. The van der Waals surface area contributed by atoms with Gasteiger partial charge in [0.2, 0.25) is 5.91 Å². The molecule has 3 aromatic carbocycles. The number of thioether (sulfide) groups is 1. The molecular formula is C24H23ClN2O2S. The summed E-state index contributed by atoms with van der Waals surface area (Å²) in [7, 11) is 0. The van der Waals surface area contributed by atoms with Gasteiger partial charge in [-0.3, -0.25) is 9.59 Å². The van der Waals surface area contributed by atoms with Crippen molar-refractivity contribution < 1.29 is 9.59 Å². The highest BCUT2D eigenvalue weighted by Gasteiger charge is 2.16. The number of hydrogen-bond acceptors (Lipinski definition) is 3. The summed E-state index contributed by atoms with van der Waals surface area (Å²) in [5.74, 6) is -0.266. The fourth-order valence-corrected chi connectivity index (χ4v) is 3.99. The number of rotatable bonds is 6. The van der Waals surface area contributed by atoms with Crippen LogP contribution in [0.15, 0.2) is 71.6 Å². The molecule has 0 bridgehead atoms. The van der Waals surface area contributed by atoms with Gasteiger partial charge >= 0.3 is 0 Å². The van der Waals surface area contributed by atoms with Crippen molar-refractivity contribution in [2.24, 2.45) is 0 Å². The summed E-state index contributed by atoms with van der Waals surface area (Å²) in [6.45, 7) is 5.67. The van der Waals surface area contributed by atoms with E-state index in [1.807, 2.05) is 69.3 Å². The molecular weight excluding hydrogens is 416 g/mol. The maximum atomic E-state index is 12.6. The number of carbonyl (C=O) groups excluding carboxylic acids is 2. The Hall–Kier alpha value is -2.76. The van der Waals surface area contributed by atoms with Crippen molar-refractivity contribution in [1.29, 1.82) is 0 Å². The molecule has 0 saturated heterocycles. The monoisotopic (exact) mass is 438 g/mol. The number of anilines is 2. The van der Waals surface area contributed by atoms with Gasteiger partial charge in [-0.15, -0.1) is 11.8 Å². The predicted molar refractivity (Wildman–Crippen MR) is 126 cm³/mol. The number of carbonyl (C=O) groups is 2. The molecule has 0 aliphatic heterocycles. The molecule has 0 spiro atoms. The zero-order chi connectivity index (χ0) is 21.7. The zero-order valence-corrected chi connectivity index (χ0v) is 18.6. The minimum Gasteiger partial charge on any atom is -0.325 e. The first-order valence-corrected chi connectivity index (χ1v) is 10.8. The normalized spacial score (nSPS) is 11.6. The Labute approximate surface area is 186 Å². The van der Waals surface area contributed by atoms with E-state index >= 15 is 0 Å². The molecule has 1 atom stereocenters. The van der Waals surface area contributed by atoms with E-state index < -0.39 is 0 Å². The van der Waals surface area contributed by atoms with Crippen LogP contribution in [0.2, 0.25) is 5.02 Å². The number of aryl methyl sites for hydroxylation is 2. The molecule has 3 rings (SSSR count). The first-order chi connectivity index (χ1) is 14.3. The molecule has 0 aromatic heterocycles. The molecule has 0 aliphatic rings. The average molecular weight is 439 g/mol. The molecule has 4 nitrogen and oxygen atoms in total. The van der Waals surface area contributed by atoms with E-state index in [0.717, 1.165) is 16.0 Å². The third-order valence-electron chi connectivity index (χ3n) is 4.62. The van der Waals surface area contributed by atoms with Gasteiger partial charge in [0, 0.05) is 26.9 Å². The van der Waals surface area contributed by atoms with Crippen LogP contribution in [0.3, 0.4) is 0 Å². The summed E-state index contributed by atoms with van der Waals surface area (Å²) in [5.41, 5.74) is 3.90. The Morgan fingerprint density at radius 1 is 0.900 bits per heavy atom. The summed E-state index contributed by atoms with van der Waals surface area (Å²) >= 11 is 7.46. The minimum atomic E-state index is -0.328. The molecule has 1 unspecified atom stereocenters. The fourth-order valence-electron chi connectivity index (χ4n) is 2.89. The maximum absolute atomic E-state index is 12.6. The summed E-state index contributed by atoms with van der Waals surface area (Å²) in [4.78, 5) is 26.1. The van der Waals surface area contributed by atoms with Gasteiger partial charge < -0.3 is 10.6 Å². The van der Waals surface area contributed by atoms with Crippen LogP contribution in [0.25, 0.3) is 0 Å². The lowest BCUT2D eigenvalue weighted by molar-refractivity contribution is -0.115. The number of halogens is 1. The maximum Gasteiger partial charge on any atom is 0.255 e. The van der Waals surface area contributed by atoms with Crippen molar-refractivity contribution in [3.05, 3.63) is 88.4 Å². The van der Waals surface area contributed by atoms with E-state index in [0.29, 0.717) is 22.0 Å². The van der Waals surface area contributed by atoms with E-state index in [9.17, 15) is 9.59 Å². The molecule has 2 amide bonds. The van der Waals surface area contributed by atoms with Gasteiger partial charge in [-0.05, 0) is 68.3 Å². The molecule has 0 radical (unpaired) electrons. The van der Waals surface area contributed by atoms with Crippen LogP contribution in [0.1, 0.15) is 28.4 Å². The molecule has 154 valence electrons. The second-order valence-corrected chi connectivity index (χ2v) is 8.86. The van der Waals surface area contributed by atoms with Crippen molar-refractivity contribution in [2.75, 3.05) is 10.6 Å². The highest BCUT2D eigenvalue weighted by Crippen LogP contribution is 2.28. The quantitative estimate of drug-likeness (QED) is 0.442. The topological polar surface area (TPSA) is 58.2 Å². The van der Waals surface area contributed by atoms with Gasteiger partial charge in [0.15, 0.2) is 0 Å². The van der Waals surface area contributed by atoms with Gasteiger partial charge in [0.25, 0.3) is 5.91 Å². The van der Waals surface area contributed by atoms with Gasteiger partial charge in [0.05, 0.1) is 5.25 Å². The van der Waals surface area contributed by atoms with Crippen LogP contribution in [-0.4, -0.2) is 17.1 Å². The molecule has 30 heavy (non-hydrogen) atoms. The predicted octanol–water partition coefficient (Wildman–Crippen LogP) is 6.33. The van der Waals surface area contributed by atoms with E-state index in [1.165, 1.54) is 11.8 Å². The third-order valence-corrected chi connectivity index (χ3v) is 5.95. The lowest BCUT2D eigenvalue weighted by atomic mass is 10.1. The van der Waals surface area contributed by atoms with Crippen LogP contribution < -0.4 is 10.6 Å². The van der Waals surface area contributed by atoms with Crippen LogP contribution in [0.4, 0.5) is 11.4 Å². The number of benzene rings is 3. The van der Waals surface area contributed by atoms with E-state index in [2.05, 4.69) is 10.6 Å². The number of hydrogen-bond donors (Lipinski definition) is 2. The van der Waals surface area contributed by atoms with Crippen LogP contribution in [0.5, 0.6) is 0 Å². The van der Waals surface area contributed by atoms with Crippen molar-refractivity contribution in [3.63, 3.8) is 0 Å². The van der Waals surface area contributed by atoms with Crippen LogP contribution in [0, 0.1) is 13.8 Å². The lowest BCUT2D eigenvalue weighted by Crippen LogP contribution is -2.22. The van der Waals surface area contributed by atoms with E-state index in [1.54, 1.807) is 18.2 Å². The van der Waals surface area contributed by atoms with Gasteiger partial charge in [-0.1, -0.05) is 41.9 Å². The van der Waals surface area contributed by atoms with Crippen LogP contribution in [-0.2, 0) is 4.79 Å². The smallest absolute Gasteiger partial charge is 0.255 e. The molecule has 3 aromatic rings. The molecule has 6 heteroatoms. The Morgan fingerprint density at radius 3 is 2.43 bits per heavy atom. The Morgan fingerprint density at radius 2 is 1.67 bits per heavy atom. The summed E-state index contributed by atoms with van der Waals surface area (Å²) in [6, 6.07) is 20.3. The Kier molecular flexibility index (Phi) is 7.19. The van der Waals surface area contributed by atoms with Crippen LogP contribution >= 0.6 is 23.4 Å². The number of nitrogens with one attached hydrogen (secondary N) is 2. The summed E-state index contributed by atoms with van der Waals surface area (Å²) in [6.07, 6.45) is 0. The number of amides is 2. The highest BCUT2D eigenvalue weighted by molar-refractivity contribution is 8.00. The average Bonchev–Trinajstić information content (AvgIpc) is 2.71. The Bertz CT molecular complexity index is 1080. The van der Waals surface area contributed by atoms with Crippen molar-refractivity contribution in [1.82, 2.24) is 0 Å². The van der Waals surface area contributed by atoms with Gasteiger partial charge in [-0.2, -0.15) is 0 Å². The van der Waals surface area contributed by atoms with Gasteiger partial charge in [0.1, 0.15) is 0 Å². The van der Waals surface area contributed by atoms with E-state index in [-0.39, 0.29) is 17.1 Å². The molecule has 0 aliphatic carbocycles. The van der Waals surface area contributed by atoms with Crippen molar-refractivity contribution in [3.8, 4) is 0 Å². The molecule has 0 fully saturated rings. The third kappa shape index (κ3) is 5.65. The molecule has 2 N–H and O–H groups in total. The Balaban J connectivity index is 1.65. The highest BCUT2D eigenvalue weighted by atomic mass is 35.5. The lowest BCUT2D eigenvalue weighted by Gasteiger charge is -2.14. The second kappa shape index (κ2) is 9.83. The van der Waals surface area contributed by atoms with E-state index in [4.69, 9.17) is 11.6 Å². The largest absolute Gasteiger partial charge is 0.325 e. The van der Waals surface area contributed by atoms with Crippen molar-refractivity contribution >= 4 is 46.6 Å². The van der Waals surface area contributed by atoms with Gasteiger partial charge in [-0.25, -0.2) is 0 Å². The molecule has 0 heterocycles. The SMILES string of the molecule is Cc1ccc(Cl)cc1NC(=O)C(C)Sc1cccc(NC(=O)c2ccccc2C)c1. The van der Waals surface area contributed by atoms with Crippen molar-refractivity contribution in [2.45, 2.75) is 30.9 Å².